The Labute approximate surface area is 197 Å². The number of fused-ring (bicyclic) bond motifs is 2. The Morgan fingerprint density at radius 2 is 1.97 bits per heavy atom. The van der Waals surface area contributed by atoms with Crippen molar-refractivity contribution in [1.82, 2.24) is 0 Å². The van der Waals surface area contributed by atoms with Gasteiger partial charge in [0.15, 0.2) is 0 Å². The van der Waals surface area contributed by atoms with Crippen molar-refractivity contribution in [2.24, 2.45) is 16.3 Å². The van der Waals surface area contributed by atoms with Gasteiger partial charge in [-0.05, 0) is 66.5 Å². The predicted octanol–water partition coefficient (Wildman–Crippen LogP) is 8.14. The highest BCUT2D eigenvalue weighted by Crippen LogP contribution is 2.50. The van der Waals surface area contributed by atoms with Crippen molar-refractivity contribution >= 4 is 17.8 Å². The molecule has 0 aromatic carbocycles. The van der Waals surface area contributed by atoms with Crippen LogP contribution in [-0.4, -0.2) is 16.8 Å². The van der Waals surface area contributed by atoms with Gasteiger partial charge < -0.3 is 9.52 Å². The van der Waals surface area contributed by atoms with Crippen LogP contribution in [0.4, 0.5) is 0 Å². The maximum absolute atomic E-state index is 11.1. The monoisotopic (exact) mass is 447 g/mol. The van der Waals surface area contributed by atoms with Gasteiger partial charge in [0.1, 0.15) is 5.76 Å². The summed E-state index contributed by atoms with van der Waals surface area (Å²) in [7, 11) is 0. The fraction of sp³-hybridized carbons (Fsp3) is 0.517. The molecule has 1 fully saturated rings. The summed E-state index contributed by atoms with van der Waals surface area (Å²) in [5.74, 6) is -0.116. The number of furan rings is 1. The summed E-state index contributed by atoms with van der Waals surface area (Å²) < 4.78 is 5.41. The van der Waals surface area contributed by atoms with Crippen molar-refractivity contribution in [2.75, 3.05) is 0 Å². The first-order valence-electron chi connectivity index (χ1n) is 12.7. The van der Waals surface area contributed by atoms with E-state index in [1.54, 1.807) is 6.07 Å². The summed E-state index contributed by atoms with van der Waals surface area (Å²) in [5, 5.41) is 9.10. The highest BCUT2D eigenvalue weighted by atomic mass is 16.4. The fourth-order valence-electron chi connectivity index (χ4n) is 5.51. The lowest BCUT2D eigenvalue weighted by molar-refractivity contribution is 0.0662. The average Bonchev–Trinajstić information content (AvgIpc) is 3.41. The van der Waals surface area contributed by atoms with Crippen molar-refractivity contribution in [3.8, 4) is 0 Å². The molecular weight excluding hydrogens is 410 g/mol. The minimum absolute atomic E-state index is 0.0397. The van der Waals surface area contributed by atoms with Crippen molar-refractivity contribution in [3.63, 3.8) is 0 Å². The summed E-state index contributed by atoms with van der Waals surface area (Å²) in [4.78, 5) is 16.3. The minimum Gasteiger partial charge on any atom is -0.475 e. The van der Waals surface area contributed by atoms with Gasteiger partial charge in [-0.25, -0.2) is 4.79 Å². The van der Waals surface area contributed by atoms with Crippen LogP contribution in [0.2, 0.25) is 0 Å². The number of carbonyl (C=O) groups is 1. The van der Waals surface area contributed by atoms with Gasteiger partial charge in [-0.15, -0.1) is 0 Å². The first-order valence-corrected chi connectivity index (χ1v) is 12.7. The Hall–Kier alpha value is -2.62. The average molecular weight is 448 g/mol. The van der Waals surface area contributed by atoms with Gasteiger partial charge in [0, 0.05) is 17.2 Å². The molecule has 1 N–H and O–H groups in total. The standard InChI is InChI=1S/C29H37NO3/c1-4-5-6-7-8-9-11-20-13-14-21(15-16-22-17-18-24(33-22)28(31)32)27-25(20)26-23(30-27)12-10-19-29(26,2)3/h13-18,20H,4-12,19H2,1-3H3,(H,31,32)/b16-15+. The summed E-state index contributed by atoms with van der Waals surface area (Å²) >= 11 is 0. The van der Waals surface area contributed by atoms with Crippen LogP contribution >= 0.6 is 0 Å². The summed E-state index contributed by atoms with van der Waals surface area (Å²) in [6.45, 7) is 7.01. The SMILES string of the molecule is CCCCCCCCC1C=CC(/C=C/c2ccc(C(=O)O)o2)=C2N=C3CCCC(C)(C)C3=C21. The molecule has 1 saturated carbocycles. The number of hydrogen-bond acceptors (Lipinski definition) is 3. The Kier molecular flexibility index (Phi) is 7.21. The number of carboxylic acid groups (broad SMARTS) is 1. The van der Waals surface area contributed by atoms with E-state index < -0.39 is 5.97 Å². The molecule has 1 aromatic heterocycles. The molecule has 4 nitrogen and oxygen atoms in total. The number of unbranched alkanes of at least 4 members (excludes halogenated alkanes) is 5. The van der Waals surface area contributed by atoms with E-state index in [9.17, 15) is 4.79 Å². The maximum atomic E-state index is 11.1. The fourth-order valence-corrected chi connectivity index (χ4v) is 5.51. The van der Waals surface area contributed by atoms with Gasteiger partial charge in [0.05, 0.1) is 5.70 Å². The third-order valence-corrected chi connectivity index (χ3v) is 7.24. The number of aromatic carboxylic acids is 1. The zero-order valence-electron chi connectivity index (χ0n) is 20.3. The van der Waals surface area contributed by atoms with Crippen molar-refractivity contribution in [2.45, 2.75) is 85.0 Å². The number of aliphatic imine (C=N–C) groups is 1. The first-order chi connectivity index (χ1) is 15.9. The van der Waals surface area contributed by atoms with Crippen LogP contribution < -0.4 is 0 Å². The highest BCUT2D eigenvalue weighted by molar-refractivity contribution is 6.07. The van der Waals surface area contributed by atoms with Crippen LogP contribution in [-0.2, 0) is 0 Å². The Balaban J connectivity index is 1.59. The van der Waals surface area contributed by atoms with E-state index in [2.05, 4.69) is 32.9 Å². The molecule has 3 aliphatic rings. The quantitative estimate of drug-likeness (QED) is 0.368. The van der Waals surface area contributed by atoms with Crippen LogP contribution in [0.3, 0.4) is 0 Å². The molecule has 4 rings (SSSR count). The molecule has 2 aliphatic carbocycles. The topological polar surface area (TPSA) is 62.8 Å². The van der Waals surface area contributed by atoms with Gasteiger partial charge in [-0.3, -0.25) is 4.99 Å². The lowest BCUT2D eigenvalue weighted by Gasteiger charge is -2.35. The summed E-state index contributed by atoms with van der Waals surface area (Å²) in [6.07, 6.45) is 21.0. The normalized spacial score (nSPS) is 21.5. The third kappa shape index (κ3) is 5.15. The molecule has 33 heavy (non-hydrogen) atoms. The van der Waals surface area contributed by atoms with Gasteiger partial charge in [-0.1, -0.05) is 71.4 Å². The number of nitrogens with zero attached hydrogens (tertiary/aromatic N) is 1. The molecule has 1 aliphatic heterocycles. The molecule has 1 atom stereocenters. The zero-order valence-corrected chi connectivity index (χ0v) is 20.3. The second-order valence-corrected chi connectivity index (χ2v) is 10.3. The lowest BCUT2D eigenvalue weighted by Crippen LogP contribution is -2.27. The smallest absolute Gasteiger partial charge is 0.371 e. The largest absolute Gasteiger partial charge is 0.475 e. The molecule has 0 saturated heterocycles. The predicted molar refractivity (Wildman–Crippen MR) is 134 cm³/mol. The van der Waals surface area contributed by atoms with Crippen molar-refractivity contribution < 1.29 is 14.3 Å². The first kappa shape index (κ1) is 23.5. The van der Waals surface area contributed by atoms with Crippen LogP contribution in [0.25, 0.3) is 6.08 Å². The third-order valence-electron chi connectivity index (χ3n) is 7.24. The number of rotatable bonds is 10. The van der Waals surface area contributed by atoms with Crippen LogP contribution in [0.1, 0.15) is 101 Å². The molecule has 176 valence electrons. The summed E-state index contributed by atoms with van der Waals surface area (Å²) in [5.41, 5.74) is 6.57. The van der Waals surface area contributed by atoms with Crippen LogP contribution in [0.5, 0.6) is 0 Å². The molecule has 0 bridgehead atoms. The van der Waals surface area contributed by atoms with Gasteiger partial charge in [0.25, 0.3) is 0 Å². The van der Waals surface area contributed by atoms with Gasteiger partial charge >= 0.3 is 5.97 Å². The number of hydrogen-bond donors (Lipinski definition) is 1. The van der Waals surface area contributed by atoms with E-state index >= 15 is 0 Å². The van der Waals surface area contributed by atoms with Gasteiger partial charge in [0.2, 0.25) is 5.76 Å². The van der Waals surface area contributed by atoms with Crippen LogP contribution in [0.15, 0.2) is 62.2 Å². The Morgan fingerprint density at radius 1 is 1.18 bits per heavy atom. The molecule has 0 amide bonds. The van der Waals surface area contributed by atoms with Crippen molar-refractivity contribution in [1.29, 1.82) is 0 Å². The number of allylic oxidation sites excluding steroid dienone is 6. The molecule has 1 aromatic rings. The summed E-state index contributed by atoms with van der Waals surface area (Å²) in [6, 6.07) is 3.19. The molecular formula is C29H37NO3. The van der Waals surface area contributed by atoms with E-state index in [1.165, 1.54) is 80.7 Å². The van der Waals surface area contributed by atoms with E-state index in [0.29, 0.717) is 11.7 Å². The highest BCUT2D eigenvalue weighted by Gasteiger charge is 2.40. The van der Waals surface area contributed by atoms with Crippen molar-refractivity contribution in [3.05, 3.63) is 64.3 Å². The zero-order chi connectivity index (χ0) is 23.4. The van der Waals surface area contributed by atoms with E-state index in [-0.39, 0.29) is 11.2 Å². The van der Waals surface area contributed by atoms with Crippen LogP contribution in [0, 0.1) is 11.3 Å². The van der Waals surface area contributed by atoms with E-state index in [4.69, 9.17) is 14.5 Å². The van der Waals surface area contributed by atoms with E-state index in [0.717, 1.165) is 17.7 Å². The molecule has 0 radical (unpaired) electrons. The van der Waals surface area contributed by atoms with Gasteiger partial charge in [-0.2, -0.15) is 0 Å². The molecule has 0 spiro atoms. The molecule has 4 heteroatoms. The maximum Gasteiger partial charge on any atom is 0.371 e. The van der Waals surface area contributed by atoms with E-state index in [1.807, 2.05) is 12.2 Å². The second-order valence-electron chi connectivity index (χ2n) is 10.3. The Morgan fingerprint density at radius 3 is 2.73 bits per heavy atom. The molecule has 2 heterocycles. The minimum atomic E-state index is -1.05. The molecule has 1 unspecified atom stereocenters. The number of carboxylic acids is 1. The Bertz CT molecular complexity index is 1040. The second kappa shape index (κ2) is 10.1. The lowest BCUT2D eigenvalue weighted by atomic mass is 9.68.